The van der Waals surface area contributed by atoms with Gasteiger partial charge < -0.3 is 15.2 Å². The number of nitrogens with zero attached hydrogens (tertiary/aromatic N) is 3. The number of aryl methyl sites for hydroxylation is 1. The van der Waals surface area contributed by atoms with Crippen molar-refractivity contribution in [1.82, 2.24) is 20.1 Å². The second-order valence-electron chi connectivity index (χ2n) is 6.58. The lowest BCUT2D eigenvalue weighted by molar-refractivity contribution is -0.122. The Labute approximate surface area is 177 Å². The number of aromatic nitrogens is 3. The number of benzene rings is 1. The molecule has 2 N–H and O–H groups in total. The highest BCUT2D eigenvalue weighted by Gasteiger charge is 2.13. The van der Waals surface area contributed by atoms with Crippen molar-refractivity contribution in [3.8, 4) is 0 Å². The van der Waals surface area contributed by atoms with Crippen LogP contribution in [0, 0.1) is 13.8 Å². The fourth-order valence-corrected chi connectivity index (χ4v) is 4.10. The van der Waals surface area contributed by atoms with Gasteiger partial charge >= 0.3 is 0 Å². The van der Waals surface area contributed by atoms with E-state index in [1.807, 2.05) is 55.1 Å². The summed E-state index contributed by atoms with van der Waals surface area (Å²) in [6.45, 7) is 3.87. The van der Waals surface area contributed by atoms with Gasteiger partial charge in [0, 0.05) is 24.0 Å². The fraction of sp³-hybridized carbons (Fsp3) is 0.300. The van der Waals surface area contributed by atoms with E-state index in [2.05, 4.69) is 26.9 Å². The summed E-state index contributed by atoms with van der Waals surface area (Å²) in [5.74, 6) is 0.535. The van der Waals surface area contributed by atoms with Crippen molar-refractivity contribution >= 4 is 40.6 Å². The molecule has 0 atom stereocenters. The molecule has 152 valence electrons. The molecular formula is C20H23N5O2S2. The predicted octanol–water partition coefficient (Wildman–Crippen LogP) is 2.93. The number of hydrogen-bond donors (Lipinski definition) is 2. The topological polar surface area (TPSA) is 88.9 Å². The van der Waals surface area contributed by atoms with Crippen LogP contribution >= 0.6 is 23.1 Å². The average molecular weight is 430 g/mol. The molecular weight excluding hydrogens is 406 g/mol. The molecule has 7 nitrogen and oxygen atoms in total. The third-order valence-electron chi connectivity index (χ3n) is 4.49. The van der Waals surface area contributed by atoms with E-state index in [1.165, 1.54) is 16.6 Å². The molecule has 0 saturated carbocycles. The number of thiophene rings is 1. The lowest BCUT2D eigenvalue weighted by Gasteiger charge is -2.11. The zero-order valence-corrected chi connectivity index (χ0v) is 18.2. The standard InChI is InChI=1S/C20H23N5O2S2/c1-13-6-4-8-16(14(13)2)22-18(26)11-21-19(27)12-29-20-24-23-17(25(20)3)10-15-7-5-9-28-15/h4-9H,10-12H2,1-3H3,(H,21,27)(H,22,26). The van der Waals surface area contributed by atoms with Crippen LogP contribution in [0.25, 0.3) is 0 Å². The molecule has 0 bridgehead atoms. The molecule has 0 aliphatic heterocycles. The van der Waals surface area contributed by atoms with Gasteiger partial charge in [0.2, 0.25) is 11.8 Å². The molecule has 9 heteroatoms. The third-order valence-corrected chi connectivity index (χ3v) is 6.39. The number of rotatable bonds is 8. The Morgan fingerprint density at radius 1 is 1.14 bits per heavy atom. The highest BCUT2D eigenvalue weighted by Crippen LogP contribution is 2.19. The Balaban J connectivity index is 1.45. The quantitative estimate of drug-likeness (QED) is 0.538. The summed E-state index contributed by atoms with van der Waals surface area (Å²) >= 11 is 2.97. The van der Waals surface area contributed by atoms with Gasteiger partial charge in [-0.1, -0.05) is 30.0 Å². The summed E-state index contributed by atoms with van der Waals surface area (Å²) in [6, 6.07) is 9.79. The number of hydrogen-bond acceptors (Lipinski definition) is 6. The van der Waals surface area contributed by atoms with Crippen molar-refractivity contribution in [1.29, 1.82) is 0 Å². The van der Waals surface area contributed by atoms with Gasteiger partial charge in [0.05, 0.1) is 12.3 Å². The molecule has 29 heavy (non-hydrogen) atoms. The van der Waals surface area contributed by atoms with Crippen LogP contribution < -0.4 is 10.6 Å². The SMILES string of the molecule is Cc1cccc(NC(=O)CNC(=O)CSc2nnc(Cc3cccs3)n2C)c1C. The first-order chi connectivity index (χ1) is 13.9. The van der Waals surface area contributed by atoms with E-state index in [-0.39, 0.29) is 24.1 Å². The molecule has 3 aromatic rings. The molecule has 0 spiro atoms. The zero-order chi connectivity index (χ0) is 20.8. The second-order valence-corrected chi connectivity index (χ2v) is 8.55. The van der Waals surface area contributed by atoms with E-state index in [4.69, 9.17) is 0 Å². The lowest BCUT2D eigenvalue weighted by atomic mass is 10.1. The molecule has 1 aromatic carbocycles. The van der Waals surface area contributed by atoms with Gasteiger partial charge in [-0.2, -0.15) is 0 Å². The Bertz CT molecular complexity index is 998. The summed E-state index contributed by atoms with van der Waals surface area (Å²) in [7, 11) is 1.89. The zero-order valence-electron chi connectivity index (χ0n) is 16.6. The van der Waals surface area contributed by atoms with Crippen LogP contribution in [-0.4, -0.2) is 38.9 Å². The number of carbonyl (C=O) groups is 2. The molecule has 2 amide bonds. The third kappa shape index (κ3) is 5.68. The van der Waals surface area contributed by atoms with Crippen molar-refractivity contribution in [3.05, 3.63) is 57.5 Å². The molecule has 0 fully saturated rings. The number of anilines is 1. The molecule has 0 saturated heterocycles. The number of carbonyl (C=O) groups excluding carboxylic acids is 2. The number of thioether (sulfide) groups is 1. The summed E-state index contributed by atoms with van der Waals surface area (Å²) in [5, 5.41) is 16.5. The Morgan fingerprint density at radius 3 is 2.72 bits per heavy atom. The Hall–Kier alpha value is -2.65. The predicted molar refractivity (Wildman–Crippen MR) is 116 cm³/mol. The first-order valence-electron chi connectivity index (χ1n) is 9.10. The Kier molecular flexibility index (Phi) is 7.05. The maximum absolute atomic E-state index is 12.1. The van der Waals surface area contributed by atoms with Gasteiger partial charge in [-0.05, 0) is 42.5 Å². The van der Waals surface area contributed by atoms with Gasteiger partial charge in [-0.3, -0.25) is 9.59 Å². The maximum Gasteiger partial charge on any atom is 0.243 e. The van der Waals surface area contributed by atoms with E-state index in [0.29, 0.717) is 11.6 Å². The van der Waals surface area contributed by atoms with Crippen molar-refractivity contribution in [2.45, 2.75) is 25.4 Å². The molecule has 2 heterocycles. The summed E-state index contributed by atoms with van der Waals surface area (Å²) in [5.41, 5.74) is 2.88. The van der Waals surface area contributed by atoms with Crippen molar-refractivity contribution in [2.75, 3.05) is 17.6 Å². The van der Waals surface area contributed by atoms with Gasteiger partial charge in [-0.25, -0.2) is 0 Å². The maximum atomic E-state index is 12.1. The largest absolute Gasteiger partial charge is 0.346 e. The molecule has 3 rings (SSSR count). The molecule has 0 unspecified atom stereocenters. The number of nitrogens with one attached hydrogen (secondary N) is 2. The summed E-state index contributed by atoms with van der Waals surface area (Å²) in [4.78, 5) is 25.4. The van der Waals surface area contributed by atoms with Crippen LogP contribution in [0.2, 0.25) is 0 Å². The van der Waals surface area contributed by atoms with E-state index in [9.17, 15) is 9.59 Å². The van der Waals surface area contributed by atoms with E-state index in [0.717, 1.165) is 22.6 Å². The minimum Gasteiger partial charge on any atom is -0.346 e. The first-order valence-corrected chi connectivity index (χ1v) is 11.0. The van der Waals surface area contributed by atoms with Crippen LogP contribution in [0.15, 0.2) is 40.9 Å². The summed E-state index contributed by atoms with van der Waals surface area (Å²) in [6.07, 6.45) is 0.715. The van der Waals surface area contributed by atoms with Crippen molar-refractivity contribution in [3.63, 3.8) is 0 Å². The fourth-order valence-electron chi connectivity index (χ4n) is 2.63. The number of amides is 2. The van der Waals surface area contributed by atoms with E-state index >= 15 is 0 Å². The van der Waals surface area contributed by atoms with E-state index < -0.39 is 0 Å². The van der Waals surface area contributed by atoms with Crippen LogP contribution in [0.5, 0.6) is 0 Å². The highest BCUT2D eigenvalue weighted by molar-refractivity contribution is 7.99. The smallest absolute Gasteiger partial charge is 0.243 e. The minimum atomic E-state index is -0.256. The molecule has 0 aliphatic rings. The van der Waals surface area contributed by atoms with Crippen molar-refractivity contribution < 1.29 is 9.59 Å². The van der Waals surface area contributed by atoms with Gasteiger partial charge in [0.1, 0.15) is 5.82 Å². The van der Waals surface area contributed by atoms with Crippen LogP contribution in [0.3, 0.4) is 0 Å². The van der Waals surface area contributed by atoms with Crippen LogP contribution in [0.1, 0.15) is 21.8 Å². The highest BCUT2D eigenvalue weighted by atomic mass is 32.2. The summed E-state index contributed by atoms with van der Waals surface area (Å²) < 4.78 is 1.89. The first kappa shape index (κ1) is 21.1. The molecule has 0 aliphatic carbocycles. The van der Waals surface area contributed by atoms with Crippen molar-refractivity contribution in [2.24, 2.45) is 7.05 Å². The van der Waals surface area contributed by atoms with Crippen LogP contribution in [-0.2, 0) is 23.1 Å². The average Bonchev–Trinajstić information content (AvgIpc) is 3.33. The van der Waals surface area contributed by atoms with Crippen LogP contribution in [0.4, 0.5) is 5.69 Å². The lowest BCUT2D eigenvalue weighted by Crippen LogP contribution is -2.34. The molecule has 2 aromatic heterocycles. The Morgan fingerprint density at radius 2 is 1.97 bits per heavy atom. The normalized spacial score (nSPS) is 10.7. The molecule has 0 radical (unpaired) electrons. The second kappa shape index (κ2) is 9.71. The van der Waals surface area contributed by atoms with Gasteiger partial charge in [0.15, 0.2) is 5.16 Å². The van der Waals surface area contributed by atoms with Gasteiger partial charge in [0.25, 0.3) is 0 Å². The monoisotopic (exact) mass is 429 g/mol. The minimum absolute atomic E-state index is 0.0742. The van der Waals surface area contributed by atoms with E-state index in [1.54, 1.807) is 11.3 Å². The van der Waals surface area contributed by atoms with Gasteiger partial charge in [-0.15, -0.1) is 21.5 Å².